The van der Waals surface area contributed by atoms with Gasteiger partial charge in [-0.05, 0) is 31.7 Å². The second kappa shape index (κ2) is 7.02. The van der Waals surface area contributed by atoms with Crippen LogP contribution in [0.25, 0.3) is 0 Å². The third-order valence-corrected chi connectivity index (χ3v) is 4.45. The molecule has 2 rings (SSSR count). The number of aliphatic carboxylic acids is 1. The lowest BCUT2D eigenvalue weighted by molar-refractivity contribution is -0.142. The molecule has 0 aliphatic heterocycles. The molecule has 0 saturated carbocycles. The average Bonchev–Trinajstić information content (AvgIpc) is 2.87. The molecule has 6 heteroatoms. The number of carboxylic acid groups (broad SMARTS) is 1. The quantitative estimate of drug-likeness (QED) is 0.886. The van der Waals surface area contributed by atoms with E-state index in [1.165, 1.54) is 0 Å². The van der Waals surface area contributed by atoms with Crippen molar-refractivity contribution in [3.8, 4) is 0 Å². The lowest BCUT2D eigenvalue weighted by atomic mass is 10.2. The molecule has 0 fully saturated rings. The smallest absolute Gasteiger partial charge is 0.320 e. The maximum Gasteiger partial charge on any atom is 0.320 e. The number of nitrogens with zero attached hydrogens (tertiary/aromatic N) is 2. The molecule has 0 aliphatic rings. The van der Waals surface area contributed by atoms with Gasteiger partial charge in [-0.1, -0.05) is 23.7 Å². The van der Waals surface area contributed by atoms with Gasteiger partial charge in [0.1, 0.15) is 6.04 Å². The van der Waals surface area contributed by atoms with E-state index in [4.69, 9.17) is 16.7 Å². The molecule has 0 radical (unpaired) electrons. The van der Waals surface area contributed by atoms with Crippen LogP contribution < -0.4 is 0 Å². The van der Waals surface area contributed by atoms with Crippen molar-refractivity contribution < 1.29 is 9.90 Å². The largest absolute Gasteiger partial charge is 0.480 e. The van der Waals surface area contributed by atoms with Gasteiger partial charge in [0.25, 0.3) is 0 Å². The van der Waals surface area contributed by atoms with Gasteiger partial charge in [-0.25, -0.2) is 4.98 Å². The maximum absolute atomic E-state index is 10.9. The van der Waals surface area contributed by atoms with Crippen molar-refractivity contribution in [1.82, 2.24) is 9.88 Å². The van der Waals surface area contributed by atoms with Crippen LogP contribution in [-0.2, 0) is 17.8 Å². The Labute approximate surface area is 133 Å². The molecule has 21 heavy (non-hydrogen) atoms. The van der Waals surface area contributed by atoms with Gasteiger partial charge in [-0.15, -0.1) is 11.3 Å². The van der Waals surface area contributed by atoms with Crippen LogP contribution in [0.5, 0.6) is 0 Å². The molecule has 0 amide bonds. The summed E-state index contributed by atoms with van der Waals surface area (Å²) in [7, 11) is 1.79. The molecule has 1 aromatic heterocycles. The van der Waals surface area contributed by atoms with Crippen LogP contribution in [0.3, 0.4) is 0 Å². The van der Waals surface area contributed by atoms with Crippen LogP contribution in [0, 0.1) is 0 Å². The second-order valence-electron chi connectivity index (χ2n) is 4.97. The predicted molar refractivity (Wildman–Crippen MR) is 84.9 cm³/mol. The lowest BCUT2D eigenvalue weighted by Crippen LogP contribution is -2.35. The topological polar surface area (TPSA) is 53.4 Å². The minimum atomic E-state index is -0.825. The molecule has 1 N–H and O–H groups in total. The van der Waals surface area contributed by atoms with Crippen LogP contribution >= 0.6 is 22.9 Å². The number of hydrogen-bond acceptors (Lipinski definition) is 4. The fourth-order valence-electron chi connectivity index (χ4n) is 1.86. The summed E-state index contributed by atoms with van der Waals surface area (Å²) in [6.07, 6.45) is 0.764. The fourth-order valence-corrected chi connectivity index (χ4v) is 2.81. The molecule has 112 valence electrons. The van der Waals surface area contributed by atoms with Crippen molar-refractivity contribution in [2.45, 2.75) is 25.9 Å². The van der Waals surface area contributed by atoms with E-state index < -0.39 is 12.0 Å². The number of rotatable bonds is 6. The van der Waals surface area contributed by atoms with Crippen LogP contribution in [-0.4, -0.2) is 34.0 Å². The Balaban J connectivity index is 1.98. The molecule has 1 aromatic carbocycles. The number of hydrogen-bond donors (Lipinski definition) is 1. The summed E-state index contributed by atoms with van der Waals surface area (Å²) in [5, 5.41) is 12.7. The van der Waals surface area contributed by atoms with Gasteiger partial charge >= 0.3 is 5.97 Å². The maximum atomic E-state index is 10.9. The third kappa shape index (κ3) is 4.52. The molecular weight excluding hydrogens is 308 g/mol. The van der Waals surface area contributed by atoms with Crippen molar-refractivity contribution in [3.63, 3.8) is 0 Å². The summed E-state index contributed by atoms with van der Waals surface area (Å²) in [6.45, 7) is 2.20. The van der Waals surface area contributed by atoms with E-state index in [1.807, 2.05) is 29.6 Å². The summed E-state index contributed by atoms with van der Waals surface area (Å²) < 4.78 is 0. The van der Waals surface area contributed by atoms with Gasteiger partial charge in [0.15, 0.2) is 0 Å². The molecule has 1 heterocycles. The number of thiazole rings is 1. The fraction of sp³-hybridized carbons (Fsp3) is 0.333. The summed E-state index contributed by atoms with van der Waals surface area (Å²) >= 11 is 7.46. The zero-order valence-corrected chi connectivity index (χ0v) is 13.5. The Bertz CT molecular complexity index is 612. The monoisotopic (exact) mass is 324 g/mol. The Hall–Kier alpha value is -1.43. The number of halogens is 1. The Kier molecular flexibility index (Phi) is 5.33. The van der Waals surface area contributed by atoms with E-state index in [1.54, 1.807) is 30.2 Å². The first kappa shape index (κ1) is 15.9. The second-order valence-corrected chi connectivity index (χ2v) is 6.34. The van der Waals surface area contributed by atoms with Crippen molar-refractivity contribution in [2.24, 2.45) is 0 Å². The minimum Gasteiger partial charge on any atom is -0.480 e. The molecular formula is C15H17ClN2O2S. The minimum absolute atomic E-state index is 0.522. The van der Waals surface area contributed by atoms with E-state index in [9.17, 15) is 4.79 Å². The van der Waals surface area contributed by atoms with E-state index >= 15 is 0 Å². The summed E-state index contributed by atoms with van der Waals surface area (Å²) in [4.78, 5) is 17.3. The van der Waals surface area contributed by atoms with Crippen molar-refractivity contribution >= 4 is 28.9 Å². The molecule has 0 saturated heterocycles. The summed E-state index contributed by atoms with van der Waals surface area (Å²) in [5.41, 5.74) is 2.06. The highest BCUT2D eigenvalue weighted by molar-refractivity contribution is 7.09. The highest BCUT2D eigenvalue weighted by Crippen LogP contribution is 2.18. The number of carboxylic acids is 1. The van der Waals surface area contributed by atoms with Crippen LogP contribution in [0.2, 0.25) is 5.02 Å². The molecule has 1 atom stereocenters. The first-order chi connectivity index (χ1) is 9.95. The molecule has 0 bridgehead atoms. The van der Waals surface area contributed by atoms with E-state index in [0.29, 0.717) is 6.54 Å². The van der Waals surface area contributed by atoms with Gasteiger partial charge in [-0.3, -0.25) is 9.69 Å². The number of aromatic nitrogens is 1. The normalized spacial score (nSPS) is 12.6. The molecule has 1 unspecified atom stereocenters. The molecule has 0 spiro atoms. The summed E-state index contributed by atoms with van der Waals surface area (Å²) in [6, 6.07) is 7.19. The molecule has 2 aromatic rings. The average molecular weight is 325 g/mol. The zero-order chi connectivity index (χ0) is 15.4. The predicted octanol–water partition coefficient (Wildman–Crippen LogP) is 3.29. The Morgan fingerprint density at radius 2 is 2.10 bits per heavy atom. The molecule has 0 aliphatic carbocycles. The first-order valence-corrected chi connectivity index (χ1v) is 7.82. The number of carbonyl (C=O) groups is 1. The third-order valence-electron chi connectivity index (χ3n) is 3.30. The van der Waals surface area contributed by atoms with Gasteiger partial charge in [0.05, 0.1) is 10.7 Å². The van der Waals surface area contributed by atoms with Gasteiger partial charge in [-0.2, -0.15) is 0 Å². The standard InChI is InChI=1S/C15H17ClN2O2S/c1-10(15(19)20)18(2)8-13-9-21-14(17-13)7-11-3-5-12(16)6-4-11/h3-6,9-10H,7-8H2,1-2H3,(H,19,20). The Morgan fingerprint density at radius 1 is 1.43 bits per heavy atom. The SMILES string of the molecule is CC(C(=O)O)N(C)Cc1csc(Cc2ccc(Cl)cc2)n1. The highest BCUT2D eigenvalue weighted by Gasteiger charge is 2.17. The lowest BCUT2D eigenvalue weighted by Gasteiger charge is -2.19. The van der Waals surface area contributed by atoms with Gasteiger partial charge in [0.2, 0.25) is 0 Å². The van der Waals surface area contributed by atoms with Crippen LogP contribution in [0.1, 0.15) is 23.2 Å². The van der Waals surface area contributed by atoms with Crippen molar-refractivity contribution in [1.29, 1.82) is 0 Å². The number of likely N-dealkylation sites (N-methyl/N-ethyl adjacent to an activating group) is 1. The highest BCUT2D eigenvalue weighted by atomic mass is 35.5. The first-order valence-electron chi connectivity index (χ1n) is 6.56. The van der Waals surface area contributed by atoms with Crippen molar-refractivity contribution in [3.05, 3.63) is 50.9 Å². The summed E-state index contributed by atoms with van der Waals surface area (Å²) in [5.74, 6) is -0.825. The van der Waals surface area contributed by atoms with Crippen LogP contribution in [0.15, 0.2) is 29.6 Å². The van der Waals surface area contributed by atoms with Crippen LogP contribution in [0.4, 0.5) is 0 Å². The van der Waals surface area contributed by atoms with Gasteiger partial charge < -0.3 is 5.11 Å². The Morgan fingerprint density at radius 3 is 2.71 bits per heavy atom. The van der Waals surface area contributed by atoms with E-state index in [2.05, 4.69) is 4.98 Å². The number of benzene rings is 1. The van der Waals surface area contributed by atoms with Gasteiger partial charge in [0, 0.05) is 23.4 Å². The zero-order valence-electron chi connectivity index (χ0n) is 11.9. The van der Waals surface area contributed by atoms with Crippen molar-refractivity contribution in [2.75, 3.05) is 7.05 Å². The van der Waals surface area contributed by atoms with E-state index in [0.717, 1.165) is 27.7 Å². The molecule has 4 nitrogen and oxygen atoms in total. The van der Waals surface area contributed by atoms with E-state index in [-0.39, 0.29) is 0 Å².